The largest absolute Gasteiger partial charge is 0.497 e. The first-order valence-electron chi connectivity index (χ1n) is 14.4. The Kier molecular flexibility index (Phi) is 9.69. The van der Waals surface area contributed by atoms with Crippen molar-refractivity contribution >= 4 is 34.9 Å². The number of nitrogens with one attached hydrogen (secondary N) is 1. The number of amides is 3. The van der Waals surface area contributed by atoms with Crippen LogP contribution < -0.4 is 29.2 Å². The predicted octanol–water partition coefficient (Wildman–Crippen LogP) is 4.80. The Bertz CT molecular complexity index is 1800. The molecule has 0 radical (unpaired) electrons. The summed E-state index contributed by atoms with van der Waals surface area (Å²) in [5, 5.41) is 2.83. The first kappa shape index (κ1) is 32.5. The van der Waals surface area contributed by atoms with Crippen molar-refractivity contribution in [3.63, 3.8) is 0 Å². The molecule has 12 heteroatoms. The van der Waals surface area contributed by atoms with E-state index >= 15 is 4.39 Å². The van der Waals surface area contributed by atoms with Crippen molar-refractivity contribution in [2.24, 2.45) is 0 Å². The summed E-state index contributed by atoms with van der Waals surface area (Å²) in [5.41, 5.74) is 1.15. The lowest BCUT2D eigenvalue weighted by atomic mass is 10.0. The van der Waals surface area contributed by atoms with Crippen molar-refractivity contribution < 1.29 is 42.5 Å². The molecule has 242 valence electrons. The van der Waals surface area contributed by atoms with E-state index in [-0.39, 0.29) is 46.2 Å². The Balaban J connectivity index is 1.64. The molecule has 0 saturated heterocycles. The number of hydrogen-bond acceptors (Lipinski definition) is 8. The number of hydrogen-bond donors (Lipinski definition) is 1. The van der Waals surface area contributed by atoms with Crippen molar-refractivity contribution in [3.05, 3.63) is 107 Å². The van der Waals surface area contributed by atoms with Crippen molar-refractivity contribution in [2.45, 2.75) is 12.6 Å². The molecule has 1 atom stereocenters. The molecule has 0 spiro atoms. The summed E-state index contributed by atoms with van der Waals surface area (Å²) in [6.07, 6.45) is 0. The smallest absolute Gasteiger partial charge is 0.299 e. The van der Waals surface area contributed by atoms with Gasteiger partial charge in [0, 0.05) is 17.8 Å². The second kappa shape index (κ2) is 14.0. The Hall–Kier alpha value is -5.91. The molecule has 4 aromatic rings. The minimum atomic E-state index is -1.43. The Morgan fingerprint density at radius 1 is 0.830 bits per heavy atom. The summed E-state index contributed by atoms with van der Waals surface area (Å²) in [5.74, 6) is -2.45. The zero-order valence-corrected chi connectivity index (χ0v) is 26.1. The topological polar surface area (TPSA) is 124 Å². The highest BCUT2D eigenvalue weighted by atomic mass is 19.1. The summed E-state index contributed by atoms with van der Waals surface area (Å²) >= 11 is 0. The van der Waals surface area contributed by atoms with Crippen molar-refractivity contribution in [1.82, 2.24) is 4.90 Å². The SMILES string of the molecule is COc1ccc(NC(=O)C(c2cc(OC)c(OC)c(OC)c2)N(Cc2ccccc2F)C(=O)CN2C(=O)C(=O)c3ccccc32)cc1. The highest BCUT2D eigenvalue weighted by Gasteiger charge is 2.40. The Morgan fingerprint density at radius 2 is 1.47 bits per heavy atom. The molecule has 0 fully saturated rings. The van der Waals surface area contributed by atoms with Gasteiger partial charge in [-0.3, -0.25) is 24.1 Å². The van der Waals surface area contributed by atoms with E-state index in [2.05, 4.69) is 5.32 Å². The lowest BCUT2D eigenvalue weighted by Gasteiger charge is -2.33. The lowest BCUT2D eigenvalue weighted by molar-refractivity contribution is -0.139. The molecular weight excluding hydrogens is 609 g/mol. The van der Waals surface area contributed by atoms with Crippen LogP contribution in [0.1, 0.15) is 27.5 Å². The number of fused-ring (bicyclic) bond motifs is 1. The maximum absolute atomic E-state index is 15.1. The molecule has 0 bridgehead atoms. The highest BCUT2D eigenvalue weighted by Crippen LogP contribution is 2.41. The van der Waals surface area contributed by atoms with Gasteiger partial charge in [0.05, 0.1) is 39.7 Å². The average molecular weight is 642 g/mol. The van der Waals surface area contributed by atoms with Crippen LogP contribution in [-0.4, -0.2) is 63.4 Å². The van der Waals surface area contributed by atoms with E-state index in [1.54, 1.807) is 48.5 Å². The number of ether oxygens (including phenoxy) is 4. The summed E-state index contributed by atoms with van der Waals surface area (Å²) in [6, 6.07) is 20.3. The van der Waals surface area contributed by atoms with Gasteiger partial charge in [-0.2, -0.15) is 0 Å². The predicted molar refractivity (Wildman–Crippen MR) is 171 cm³/mol. The van der Waals surface area contributed by atoms with Gasteiger partial charge in [-0.05, 0) is 60.2 Å². The second-order valence-corrected chi connectivity index (χ2v) is 10.4. The van der Waals surface area contributed by atoms with E-state index in [0.29, 0.717) is 11.4 Å². The van der Waals surface area contributed by atoms with E-state index in [1.165, 1.54) is 64.8 Å². The van der Waals surface area contributed by atoms with Gasteiger partial charge in [0.25, 0.3) is 17.6 Å². The molecule has 1 heterocycles. The Labute approximate surface area is 270 Å². The number of halogens is 1. The van der Waals surface area contributed by atoms with Crippen molar-refractivity contribution in [1.29, 1.82) is 0 Å². The van der Waals surface area contributed by atoms with Gasteiger partial charge in [0.2, 0.25) is 11.7 Å². The van der Waals surface area contributed by atoms with E-state index in [4.69, 9.17) is 18.9 Å². The summed E-state index contributed by atoms with van der Waals surface area (Å²) in [7, 11) is 5.75. The number of anilines is 2. The number of methoxy groups -OCH3 is 4. The fourth-order valence-electron chi connectivity index (χ4n) is 5.38. The van der Waals surface area contributed by atoms with Crippen molar-refractivity contribution in [2.75, 3.05) is 45.2 Å². The molecule has 4 aromatic carbocycles. The number of para-hydroxylation sites is 1. The Morgan fingerprint density at radius 3 is 2.09 bits per heavy atom. The molecule has 1 N–H and O–H groups in total. The number of benzene rings is 4. The van der Waals surface area contributed by atoms with E-state index in [9.17, 15) is 19.2 Å². The summed E-state index contributed by atoms with van der Waals surface area (Å²) < 4.78 is 36.9. The third-order valence-corrected chi connectivity index (χ3v) is 7.71. The molecule has 0 aromatic heterocycles. The monoisotopic (exact) mass is 641 g/mol. The first-order valence-corrected chi connectivity index (χ1v) is 14.4. The van der Waals surface area contributed by atoms with Crippen LogP contribution in [0.3, 0.4) is 0 Å². The summed E-state index contributed by atoms with van der Waals surface area (Å²) in [4.78, 5) is 56.7. The van der Waals surface area contributed by atoms with Gasteiger partial charge in [0.15, 0.2) is 11.5 Å². The van der Waals surface area contributed by atoms with Gasteiger partial charge in [-0.1, -0.05) is 30.3 Å². The van der Waals surface area contributed by atoms with Gasteiger partial charge in [-0.25, -0.2) is 4.39 Å². The van der Waals surface area contributed by atoms with Crippen LogP contribution in [0.4, 0.5) is 15.8 Å². The van der Waals surface area contributed by atoms with Gasteiger partial charge < -0.3 is 29.2 Å². The lowest BCUT2D eigenvalue weighted by Crippen LogP contribution is -2.46. The minimum Gasteiger partial charge on any atom is -0.497 e. The van der Waals surface area contributed by atoms with Gasteiger partial charge in [0.1, 0.15) is 24.2 Å². The zero-order valence-electron chi connectivity index (χ0n) is 26.1. The zero-order chi connectivity index (χ0) is 33.7. The second-order valence-electron chi connectivity index (χ2n) is 10.4. The van der Waals surface area contributed by atoms with Crippen LogP contribution in [0, 0.1) is 5.82 Å². The summed E-state index contributed by atoms with van der Waals surface area (Å²) in [6.45, 7) is -0.979. The third-order valence-electron chi connectivity index (χ3n) is 7.71. The maximum atomic E-state index is 15.1. The molecule has 1 aliphatic heterocycles. The highest BCUT2D eigenvalue weighted by molar-refractivity contribution is 6.52. The fourth-order valence-corrected chi connectivity index (χ4v) is 5.38. The molecule has 47 heavy (non-hydrogen) atoms. The van der Waals surface area contributed by atoms with Crippen LogP contribution >= 0.6 is 0 Å². The molecule has 1 unspecified atom stereocenters. The van der Waals surface area contributed by atoms with Crippen LogP contribution in [0.2, 0.25) is 0 Å². The molecule has 3 amide bonds. The number of carbonyl (C=O) groups excluding carboxylic acids is 4. The van der Waals surface area contributed by atoms with Crippen LogP contribution in [0.15, 0.2) is 84.9 Å². The fraction of sp³-hybridized carbons (Fsp3) is 0.200. The van der Waals surface area contributed by atoms with Crippen LogP contribution in [0.5, 0.6) is 23.0 Å². The number of nitrogens with zero attached hydrogens (tertiary/aromatic N) is 2. The standard InChI is InChI=1S/C35H32FN3O8/c1-44-24-15-13-23(14-16-24)37-34(42)31(22-17-28(45-2)33(47-4)29(18-22)46-3)39(19-21-9-5-7-11-26(21)36)30(40)20-38-27-12-8-6-10-25(27)32(41)35(38)43/h5-18,31H,19-20H2,1-4H3,(H,37,42). The quantitative estimate of drug-likeness (QED) is 0.219. The van der Waals surface area contributed by atoms with E-state index in [1.807, 2.05) is 0 Å². The number of ketones is 1. The van der Waals surface area contributed by atoms with E-state index in [0.717, 1.165) is 9.80 Å². The normalized spacial score (nSPS) is 12.7. The van der Waals surface area contributed by atoms with Crippen molar-refractivity contribution in [3.8, 4) is 23.0 Å². The number of Topliss-reactive ketones (excluding diaryl/α,β-unsaturated/α-hetero) is 1. The number of rotatable bonds is 12. The molecular formula is C35H32FN3O8. The molecule has 0 saturated carbocycles. The van der Waals surface area contributed by atoms with Gasteiger partial charge >= 0.3 is 0 Å². The number of carbonyl (C=O) groups is 4. The molecule has 1 aliphatic rings. The molecule has 0 aliphatic carbocycles. The van der Waals surface area contributed by atoms with Crippen LogP contribution in [0.25, 0.3) is 0 Å². The third kappa shape index (κ3) is 6.57. The first-order chi connectivity index (χ1) is 22.7. The molecule has 5 rings (SSSR count). The van der Waals surface area contributed by atoms with E-state index < -0.39 is 41.9 Å². The van der Waals surface area contributed by atoms with Crippen LogP contribution in [-0.2, 0) is 20.9 Å². The minimum absolute atomic E-state index is 0.111. The maximum Gasteiger partial charge on any atom is 0.299 e. The average Bonchev–Trinajstić information content (AvgIpc) is 3.33. The molecule has 11 nitrogen and oxygen atoms in total. The van der Waals surface area contributed by atoms with Gasteiger partial charge in [-0.15, -0.1) is 0 Å².